The highest BCUT2D eigenvalue weighted by molar-refractivity contribution is 7.09. The highest BCUT2D eigenvalue weighted by Gasteiger charge is 2.49. The van der Waals surface area contributed by atoms with Crippen LogP contribution in [0.15, 0.2) is 5.38 Å². The van der Waals surface area contributed by atoms with Crippen molar-refractivity contribution in [1.29, 1.82) is 0 Å². The van der Waals surface area contributed by atoms with Crippen molar-refractivity contribution in [1.82, 2.24) is 15.2 Å². The fourth-order valence-corrected chi connectivity index (χ4v) is 3.70. The quantitative estimate of drug-likeness (QED) is 0.907. The van der Waals surface area contributed by atoms with E-state index in [4.69, 9.17) is 0 Å². The molecule has 1 aromatic rings. The second-order valence-corrected chi connectivity index (χ2v) is 6.42. The number of aryl methyl sites for hydroxylation is 1. The van der Waals surface area contributed by atoms with Crippen LogP contribution in [0.1, 0.15) is 50.7 Å². The van der Waals surface area contributed by atoms with Crippen molar-refractivity contribution in [3.8, 4) is 0 Å². The summed E-state index contributed by atoms with van der Waals surface area (Å²) in [5.41, 5.74) is 0.206. The number of rotatable bonds is 5. The molecule has 0 aromatic carbocycles. The molecule has 1 aliphatic rings. The Kier molecular flexibility index (Phi) is 4.66. The van der Waals surface area contributed by atoms with Crippen LogP contribution in [-0.2, 0) is 16.1 Å². The number of hydrogen-bond acceptors (Lipinski definition) is 4. The Bertz CT molecular complexity index is 537. The predicted molar refractivity (Wildman–Crippen MR) is 82.9 cm³/mol. The maximum Gasteiger partial charge on any atom is 0.246 e. The van der Waals surface area contributed by atoms with Gasteiger partial charge in [-0.2, -0.15) is 0 Å². The molecule has 0 aliphatic carbocycles. The van der Waals surface area contributed by atoms with Crippen LogP contribution in [0.25, 0.3) is 0 Å². The van der Waals surface area contributed by atoms with Crippen molar-refractivity contribution < 1.29 is 9.59 Å². The molecule has 0 bridgehead atoms. The Morgan fingerprint density at radius 1 is 1.33 bits per heavy atom. The third-order valence-electron chi connectivity index (χ3n) is 4.35. The number of carbonyl (C=O) groups excluding carboxylic acids is 2. The average Bonchev–Trinajstić information content (AvgIpc) is 2.89. The molecule has 0 radical (unpaired) electrons. The number of amides is 2. The SMILES string of the molecule is CCC1NC(=O)C(CC)(CC)N(Cc2nc(C)cs2)C1=O. The minimum Gasteiger partial charge on any atom is -0.342 e. The predicted octanol–water partition coefficient (Wildman–Crippen LogP) is 2.25. The van der Waals surface area contributed by atoms with Crippen LogP contribution < -0.4 is 5.32 Å². The molecule has 1 fully saturated rings. The van der Waals surface area contributed by atoms with Gasteiger partial charge in [-0.05, 0) is 26.2 Å². The van der Waals surface area contributed by atoms with E-state index in [1.165, 1.54) is 0 Å². The number of aromatic nitrogens is 1. The van der Waals surface area contributed by atoms with E-state index < -0.39 is 11.6 Å². The maximum absolute atomic E-state index is 12.7. The first kappa shape index (κ1) is 15.9. The Labute approximate surface area is 129 Å². The van der Waals surface area contributed by atoms with Gasteiger partial charge in [0.2, 0.25) is 11.8 Å². The van der Waals surface area contributed by atoms with E-state index in [0.29, 0.717) is 25.8 Å². The van der Waals surface area contributed by atoms with E-state index in [9.17, 15) is 9.59 Å². The smallest absolute Gasteiger partial charge is 0.246 e. The topological polar surface area (TPSA) is 62.3 Å². The van der Waals surface area contributed by atoms with Gasteiger partial charge in [0.05, 0.1) is 6.54 Å². The Morgan fingerprint density at radius 2 is 2.00 bits per heavy atom. The molecule has 2 heterocycles. The molecule has 0 spiro atoms. The lowest BCUT2D eigenvalue weighted by atomic mass is 9.85. The summed E-state index contributed by atoms with van der Waals surface area (Å²) in [5, 5.41) is 5.74. The molecule has 1 unspecified atom stereocenters. The van der Waals surface area contributed by atoms with Crippen LogP contribution in [-0.4, -0.2) is 33.3 Å². The number of piperazine rings is 1. The van der Waals surface area contributed by atoms with E-state index in [1.807, 2.05) is 33.1 Å². The van der Waals surface area contributed by atoms with E-state index in [0.717, 1.165) is 10.7 Å². The lowest BCUT2D eigenvalue weighted by Gasteiger charge is -2.47. The molecule has 5 nitrogen and oxygen atoms in total. The second kappa shape index (κ2) is 6.13. The van der Waals surface area contributed by atoms with Crippen molar-refractivity contribution in [3.63, 3.8) is 0 Å². The van der Waals surface area contributed by atoms with Gasteiger partial charge in [0, 0.05) is 11.1 Å². The third-order valence-corrected chi connectivity index (χ3v) is 5.30. The fourth-order valence-electron chi connectivity index (χ4n) is 2.95. The van der Waals surface area contributed by atoms with Gasteiger partial charge in [0.15, 0.2) is 0 Å². The van der Waals surface area contributed by atoms with Crippen molar-refractivity contribution in [2.24, 2.45) is 0 Å². The van der Waals surface area contributed by atoms with E-state index in [1.54, 1.807) is 16.2 Å². The van der Waals surface area contributed by atoms with Gasteiger partial charge < -0.3 is 10.2 Å². The molecular formula is C15H23N3O2S. The summed E-state index contributed by atoms with van der Waals surface area (Å²) in [4.78, 5) is 31.5. The highest BCUT2D eigenvalue weighted by Crippen LogP contribution is 2.31. The van der Waals surface area contributed by atoms with Crippen molar-refractivity contribution in [3.05, 3.63) is 16.1 Å². The van der Waals surface area contributed by atoms with Crippen LogP contribution in [0.4, 0.5) is 0 Å². The highest BCUT2D eigenvalue weighted by atomic mass is 32.1. The summed E-state index contributed by atoms with van der Waals surface area (Å²) >= 11 is 1.54. The normalized spacial score (nSPS) is 21.5. The number of carbonyl (C=O) groups is 2. The summed E-state index contributed by atoms with van der Waals surface area (Å²) in [6.07, 6.45) is 1.84. The first-order chi connectivity index (χ1) is 9.98. The van der Waals surface area contributed by atoms with Gasteiger partial charge >= 0.3 is 0 Å². The van der Waals surface area contributed by atoms with Crippen molar-refractivity contribution in [2.45, 2.75) is 65.1 Å². The first-order valence-corrected chi connectivity index (χ1v) is 8.39. The maximum atomic E-state index is 12.7. The van der Waals surface area contributed by atoms with Crippen LogP contribution in [0.5, 0.6) is 0 Å². The van der Waals surface area contributed by atoms with Crippen LogP contribution >= 0.6 is 11.3 Å². The van der Waals surface area contributed by atoms with E-state index >= 15 is 0 Å². The summed E-state index contributed by atoms with van der Waals surface area (Å²) in [5.74, 6) is -0.0270. The third kappa shape index (κ3) is 2.69. The monoisotopic (exact) mass is 309 g/mol. The molecule has 1 N–H and O–H groups in total. The van der Waals surface area contributed by atoms with E-state index in [-0.39, 0.29) is 11.8 Å². The minimum absolute atomic E-state index is 0.00801. The van der Waals surface area contributed by atoms with Gasteiger partial charge in [-0.3, -0.25) is 9.59 Å². The molecule has 2 amide bonds. The summed E-state index contributed by atoms with van der Waals surface area (Å²) < 4.78 is 0. The average molecular weight is 309 g/mol. The molecule has 6 heteroatoms. The second-order valence-electron chi connectivity index (χ2n) is 5.48. The Morgan fingerprint density at radius 3 is 2.48 bits per heavy atom. The molecule has 2 rings (SSSR count). The van der Waals surface area contributed by atoms with Crippen molar-refractivity contribution in [2.75, 3.05) is 0 Å². The molecule has 1 aliphatic heterocycles. The number of nitrogens with zero attached hydrogens (tertiary/aromatic N) is 2. The fraction of sp³-hybridized carbons (Fsp3) is 0.667. The summed E-state index contributed by atoms with van der Waals surface area (Å²) in [6, 6.07) is -0.412. The van der Waals surface area contributed by atoms with Gasteiger partial charge in [-0.1, -0.05) is 20.8 Å². The largest absolute Gasteiger partial charge is 0.342 e. The van der Waals surface area contributed by atoms with Crippen molar-refractivity contribution >= 4 is 23.2 Å². The number of hydrogen-bond donors (Lipinski definition) is 1. The van der Waals surface area contributed by atoms with Gasteiger partial charge in [0.25, 0.3) is 0 Å². The Hall–Kier alpha value is -1.43. The lowest BCUT2D eigenvalue weighted by Crippen LogP contribution is -2.69. The van der Waals surface area contributed by atoms with E-state index in [2.05, 4.69) is 10.3 Å². The Balaban J connectivity index is 2.37. The molecule has 116 valence electrons. The molecule has 0 saturated carbocycles. The first-order valence-electron chi connectivity index (χ1n) is 7.51. The zero-order valence-corrected chi connectivity index (χ0v) is 13.9. The molecular weight excluding hydrogens is 286 g/mol. The standard InChI is InChI=1S/C15H23N3O2S/c1-5-11-13(19)18(8-12-16-10(4)9-21-12)15(6-2,7-3)14(20)17-11/h9,11H,5-8H2,1-4H3,(H,17,20). The summed E-state index contributed by atoms with van der Waals surface area (Å²) in [7, 11) is 0. The molecule has 1 atom stereocenters. The lowest BCUT2D eigenvalue weighted by molar-refractivity contribution is -0.159. The van der Waals surface area contributed by atoms with Gasteiger partial charge in [-0.25, -0.2) is 4.98 Å². The zero-order valence-electron chi connectivity index (χ0n) is 13.1. The van der Waals surface area contributed by atoms with Crippen LogP contribution in [0.3, 0.4) is 0 Å². The summed E-state index contributed by atoms with van der Waals surface area (Å²) in [6.45, 7) is 8.19. The molecule has 1 aromatic heterocycles. The number of nitrogens with one attached hydrogen (secondary N) is 1. The minimum atomic E-state index is -0.748. The zero-order chi connectivity index (χ0) is 15.6. The van der Waals surface area contributed by atoms with Gasteiger partial charge in [0.1, 0.15) is 16.6 Å². The molecule has 21 heavy (non-hydrogen) atoms. The number of thiazole rings is 1. The van der Waals surface area contributed by atoms with Gasteiger partial charge in [-0.15, -0.1) is 11.3 Å². The molecule has 1 saturated heterocycles. The van der Waals surface area contributed by atoms with Crippen LogP contribution in [0, 0.1) is 6.92 Å². The van der Waals surface area contributed by atoms with Crippen LogP contribution in [0.2, 0.25) is 0 Å².